The molecule has 0 atom stereocenters. The lowest BCUT2D eigenvalue weighted by Gasteiger charge is -2.22. The average Bonchev–Trinajstić information content (AvgIpc) is 2.29. The first-order valence-corrected chi connectivity index (χ1v) is 5.95. The highest BCUT2D eigenvalue weighted by atomic mass is 16.5. The maximum atomic E-state index is 11.8. The summed E-state index contributed by atoms with van der Waals surface area (Å²) in [6, 6.07) is 0. The van der Waals surface area contributed by atoms with Gasteiger partial charge in [0.1, 0.15) is 6.54 Å². The minimum absolute atomic E-state index is 0.174. The van der Waals surface area contributed by atoms with E-state index in [2.05, 4.69) is 5.32 Å². The minimum Gasteiger partial charge on any atom is -0.480 e. The van der Waals surface area contributed by atoms with Gasteiger partial charge in [-0.1, -0.05) is 20.8 Å². The van der Waals surface area contributed by atoms with Crippen LogP contribution in [0, 0.1) is 5.41 Å². The highest BCUT2D eigenvalue weighted by molar-refractivity contribution is 5.88. The van der Waals surface area contributed by atoms with E-state index in [1.807, 2.05) is 0 Å². The molecule has 110 valence electrons. The summed E-state index contributed by atoms with van der Waals surface area (Å²) >= 11 is 0. The summed E-state index contributed by atoms with van der Waals surface area (Å²) in [5.41, 5.74) is -0.593. The Kier molecular flexibility index (Phi) is 7.06. The van der Waals surface area contributed by atoms with Crippen molar-refractivity contribution in [1.29, 1.82) is 0 Å². The Bertz CT molecular complexity index is 336. The molecule has 0 aromatic heterocycles. The van der Waals surface area contributed by atoms with Gasteiger partial charge < -0.3 is 20.1 Å². The van der Waals surface area contributed by atoms with Crippen molar-refractivity contribution in [3.8, 4) is 0 Å². The quantitative estimate of drug-likeness (QED) is 0.665. The minimum atomic E-state index is -1.10. The molecule has 0 aliphatic rings. The fourth-order valence-electron chi connectivity index (χ4n) is 1.19. The lowest BCUT2D eigenvalue weighted by atomic mass is 9.96. The standard InChI is InChI=1S/C12H22N2O5/c1-12(2,3)11(18)13-7-9(15)14(5-6-19-4)8-10(16)17/h5-8H2,1-4H3,(H,13,18)(H,16,17). The van der Waals surface area contributed by atoms with E-state index in [4.69, 9.17) is 9.84 Å². The van der Waals surface area contributed by atoms with Crippen LogP contribution in [-0.2, 0) is 19.1 Å². The molecule has 19 heavy (non-hydrogen) atoms. The van der Waals surface area contributed by atoms with Crippen molar-refractivity contribution < 1.29 is 24.2 Å². The molecular weight excluding hydrogens is 252 g/mol. The van der Waals surface area contributed by atoms with Crippen LogP contribution in [0.25, 0.3) is 0 Å². The predicted molar refractivity (Wildman–Crippen MR) is 68.6 cm³/mol. The number of carbonyl (C=O) groups excluding carboxylic acids is 2. The summed E-state index contributed by atoms with van der Waals surface area (Å²) in [4.78, 5) is 35.2. The number of methoxy groups -OCH3 is 1. The van der Waals surface area contributed by atoms with Crippen LogP contribution in [0.5, 0.6) is 0 Å². The van der Waals surface area contributed by atoms with Crippen molar-refractivity contribution in [2.45, 2.75) is 20.8 Å². The first-order valence-electron chi connectivity index (χ1n) is 5.95. The lowest BCUT2D eigenvalue weighted by Crippen LogP contribution is -2.46. The Hall–Kier alpha value is -1.63. The molecule has 0 aliphatic carbocycles. The highest BCUT2D eigenvalue weighted by Gasteiger charge is 2.23. The molecule has 0 heterocycles. The van der Waals surface area contributed by atoms with Gasteiger partial charge in [-0.2, -0.15) is 0 Å². The van der Waals surface area contributed by atoms with E-state index in [0.717, 1.165) is 4.90 Å². The number of nitrogens with one attached hydrogen (secondary N) is 1. The van der Waals surface area contributed by atoms with E-state index in [0.29, 0.717) is 0 Å². The number of amides is 2. The van der Waals surface area contributed by atoms with Crippen molar-refractivity contribution in [3.63, 3.8) is 0 Å². The van der Waals surface area contributed by atoms with Gasteiger partial charge in [0, 0.05) is 19.1 Å². The molecule has 0 saturated heterocycles. The second kappa shape index (κ2) is 7.73. The van der Waals surface area contributed by atoms with Gasteiger partial charge in [-0.25, -0.2) is 0 Å². The molecule has 0 unspecified atom stereocenters. The second-order valence-electron chi connectivity index (χ2n) is 5.13. The zero-order valence-corrected chi connectivity index (χ0v) is 11.9. The van der Waals surface area contributed by atoms with Crippen LogP contribution in [0.2, 0.25) is 0 Å². The van der Waals surface area contributed by atoms with Gasteiger partial charge >= 0.3 is 5.97 Å². The molecule has 0 rings (SSSR count). The highest BCUT2D eigenvalue weighted by Crippen LogP contribution is 2.12. The monoisotopic (exact) mass is 274 g/mol. The molecule has 7 nitrogen and oxygen atoms in total. The summed E-state index contributed by atoms with van der Waals surface area (Å²) < 4.78 is 4.81. The molecule has 2 N–H and O–H groups in total. The molecular formula is C12H22N2O5. The Morgan fingerprint density at radius 1 is 1.26 bits per heavy atom. The first kappa shape index (κ1) is 17.4. The van der Waals surface area contributed by atoms with Gasteiger partial charge in [0.25, 0.3) is 0 Å². The van der Waals surface area contributed by atoms with E-state index in [1.54, 1.807) is 20.8 Å². The maximum absolute atomic E-state index is 11.8. The van der Waals surface area contributed by atoms with Gasteiger partial charge in [-0.15, -0.1) is 0 Å². The largest absolute Gasteiger partial charge is 0.480 e. The molecule has 0 radical (unpaired) electrons. The molecule has 2 amide bonds. The van der Waals surface area contributed by atoms with Crippen LogP contribution in [-0.4, -0.2) is 61.1 Å². The average molecular weight is 274 g/mol. The molecule has 0 spiro atoms. The van der Waals surface area contributed by atoms with Crippen molar-refractivity contribution in [1.82, 2.24) is 10.2 Å². The third-order valence-corrected chi connectivity index (χ3v) is 2.33. The molecule has 7 heteroatoms. The van der Waals surface area contributed by atoms with Crippen LogP contribution in [0.4, 0.5) is 0 Å². The fourth-order valence-corrected chi connectivity index (χ4v) is 1.19. The van der Waals surface area contributed by atoms with Crippen molar-refractivity contribution in [3.05, 3.63) is 0 Å². The number of nitrogens with zero attached hydrogens (tertiary/aromatic N) is 1. The van der Waals surface area contributed by atoms with E-state index < -0.39 is 23.8 Å². The van der Waals surface area contributed by atoms with Crippen molar-refractivity contribution in [2.24, 2.45) is 5.41 Å². The summed E-state index contributed by atoms with van der Waals surface area (Å²) in [5, 5.41) is 11.2. The zero-order valence-electron chi connectivity index (χ0n) is 11.9. The molecule has 0 aromatic carbocycles. The van der Waals surface area contributed by atoms with E-state index in [9.17, 15) is 14.4 Å². The number of hydrogen-bond acceptors (Lipinski definition) is 4. The third-order valence-electron chi connectivity index (χ3n) is 2.33. The van der Waals surface area contributed by atoms with Gasteiger partial charge in [-0.05, 0) is 0 Å². The van der Waals surface area contributed by atoms with E-state index in [-0.39, 0.29) is 25.6 Å². The van der Waals surface area contributed by atoms with Crippen LogP contribution < -0.4 is 5.32 Å². The Labute approximate surface area is 112 Å². The summed E-state index contributed by atoms with van der Waals surface area (Å²) in [6.07, 6.45) is 0. The van der Waals surface area contributed by atoms with Crippen LogP contribution in [0.1, 0.15) is 20.8 Å². The van der Waals surface area contributed by atoms with Crippen LogP contribution in [0.15, 0.2) is 0 Å². The molecule has 0 bridgehead atoms. The predicted octanol–water partition coefficient (Wildman–Crippen LogP) is -0.292. The fraction of sp³-hybridized carbons (Fsp3) is 0.750. The van der Waals surface area contributed by atoms with E-state index >= 15 is 0 Å². The second-order valence-corrected chi connectivity index (χ2v) is 5.13. The molecule has 0 aromatic rings. The summed E-state index contributed by atoms with van der Waals surface area (Å²) in [7, 11) is 1.46. The lowest BCUT2D eigenvalue weighted by molar-refractivity contribution is -0.145. The number of carboxylic acids is 1. The van der Waals surface area contributed by atoms with Crippen molar-refractivity contribution >= 4 is 17.8 Å². The number of carboxylic acid groups (broad SMARTS) is 1. The SMILES string of the molecule is COCCN(CC(=O)O)C(=O)CNC(=O)C(C)(C)C. The number of aliphatic carboxylic acids is 1. The van der Waals surface area contributed by atoms with Gasteiger partial charge in [-0.3, -0.25) is 14.4 Å². The number of rotatable bonds is 7. The van der Waals surface area contributed by atoms with Gasteiger partial charge in [0.15, 0.2) is 0 Å². The Balaban J connectivity index is 4.39. The summed E-state index contributed by atoms with van der Waals surface area (Å²) in [5.74, 6) is -1.81. The van der Waals surface area contributed by atoms with Crippen LogP contribution in [0.3, 0.4) is 0 Å². The van der Waals surface area contributed by atoms with Gasteiger partial charge in [0.05, 0.1) is 13.2 Å². The first-order chi connectivity index (χ1) is 8.68. The summed E-state index contributed by atoms with van der Waals surface area (Å²) in [6.45, 7) is 4.98. The molecule has 0 saturated carbocycles. The number of carbonyl (C=O) groups is 3. The maximum Gasteiger partial charge on any atom is 0.323 e. The third kappa shape index (κ3) is 7.40. The Morgan fingerprint density at radius 2 is 1.84 bits per heavy atom. The normalized spacial score (nSPS) is 10.9. The zero-order chi connectivity index (χ0) is 15.1. The van der Waals surface area contributed by atoms with Crippen LogP contribution >= 0.6 is 0 Å². The number of ether oxygens (including phenoxy) is 1. The molecule has 0 fully saturated rings. The van der Waals surface area contributed by atoms with Gasteiger partial charge in [0.2, 0.25) is 11.8 Å². The smallest absolute Gasteiger partial charge is 0.323 e. The Morgan fingerprint density at radius 3 is 2.26 bits per heavy atom. The number of hydrogen-bond donors (Lipinski definition) is 2. The molecule has 0 aliphatic heterocycles. The van der Waals surface area contributed by atoms with Crippen molar-refractivity contribution in [2.75, 3.05) is 33.4 Å². The van der Waals surface area contributed by atoms with E-state index in [1.165, 1.54) is 7.11 Å². The topological polar surface area (TPSA) is 95.9 Å².